The van der Waals surface area contributed by atoms with Gasteiger partial charge in [0.1, 0.15) is 0 Å². The molecule has 1 saturated heterocycles. The van der Waals surface area contributed by atoms with E-state index in [9.17, 15) is 4.79 Å². The van der Waals surface area contributed by atoms with Crippen LogP contribution in [0.5, 0.6) is 6.01 Å². The maximum absolute atomic E-state index is 12.7. The van der Waals surface area contributed by atoms with Crippen LogP contribution >= 0.6 is 0 Å². The molecular formula is C22H26N6O2. The summed E-state index contributed by atoms with van der Waals surface area (Å²) >= 11 is 0. The molecule has 0 atom stereocenters. The zero-order chi connectivity index (χ0) is 20.5. The number of anilines is 1. The van der Waals surface area contributed by atoms with Crippen LogP contribution in [-0.4, -0.2) is 57.7 Å². The molecule has 1 aliphatic carbocycles. The second-order valence-corrected chi connectivity index (χ2v) is 8.14. The number of rotatable bonds is 6. The van der Waals surface area contributed by atoms with E-state index < -0.39 is 0 Å². The van der Waals surface area contributed by atoms with Gasteiger partial charge in [0.2, 0.25) is 0 Å². The quantitative estimate of drug-likeness (QED) is 0.619. The molecule has 3 heterocycles. The highest BCUT2D eigenvalue weighted by atomic mass is 16.5. The molecule has 5 rings (SSSR count). The number of hydrogen-bond donors (Lipinski definition) is 0. The lowest BCUT2D eigenvalue weighted by Crippen LogP contribution is -2.46. The fourth-order valence-electron chi connectivity index (χ4n) is 4.01. The summed E-state index contributed by atoms with van der Waals surface area (Å²) in [6, 6.07) is 8.37. The molecule has 1 aromatic carbocycles. The summed E-state index contributed by atoms with van der Waals surface area (Å²) in [4.78, 5) is 30.5. The summed E-state index contributed by atoms with van der Waals surface area (Å²) in [5, 5.41) is 0.707. The largest absolute Gasteiger partial charge is 0.467 e. The van der Waals surface area contributed by atoms with Crippen LogP contribution in [0.4, 0.5) is 5.69 Å². The molecule has 8 heteroatoms. The molecule has 0 amide bonds. The SMILES string of the molecule is COc1nccc(CN2CCN(c3ccc4c(=O)n(CC5CC5)cnc4c3)CC2)n1. The molecule has 156 valence electrons. The van der Waals surface area contributed by atoms with Gasteiger partial charge in [0.05, 0.1) is 30.0 Å². The average Bonchev–Trinajstić information content (AvgIpc) is 3.60. The van der Waals surface area contributed by atoms with E-state index in [0.29, 0.717) is 17.3 Å². The number of nitrogens with zero attached hydrogens (tertiary/aromatic N) is 6. The van der Waals surface area contributed by atoms with Crippen LogP contribution in [0.3, 0.4) is 0 Å². The molecule has 1 saturated carbocycles. The van der Waals surface area contributed by atoms with Crippen LogP contribution in [0, 0.1) is 5.92 Å². The van der Waals surface area contributed by atoms with Crippen molar-refractivity contribution in [3.8, 4) is 6.01 Å². The van der Waals surface area contributed by atoms with E-state index in [4.69, 9.17) is 4.74 Å². The Morgan fingerprint density at radius 1 is 1.10 bits per heavy atom. The highest BCUT2D eigenvalue weighted by Gasteiger charge is 2.23. The summed E-state index contributed by atoms with van der Waals surface area (Å²) in [7, 11) is 1.58. The average molecular weight is 406 g/mol. The molecule has 8 nitrogen and oxygen atoms in total. The molecular weight excluding hydrogens is 380 g/mol. The third-order valence-corrected chi connectivity index (χ3v) is 5.96. The number of hydrogen-bond acceptors (Lipinski definition) is 7. The van der Waals surface area contributed by atoms with Crippen molar-refractivity contribution in [3.63, 3.8) is 0 Å². The fraction of sp³-hybridized carbons (Fsp3) is 0.455. The van der Waals surface area contributed by atoms with Crippen LogP contribution in [0.25, 0.3) is 10.9 Å². The van der Waals surface area contributed by atoms with E-state index in [0.717, 1.165) is 56.2 Å². The van der Waals surface area contributed by atoms with Gasteiger partial charge in [-0.1, -0.05) is 0 Å². The Morgan fingerprint density at radius 3 is 2.70 bits per heavy atom. The molecule has 0 bridgehead atoms. The minimum absolute atomic E-state index is 0.0727. The predicted octanol–water partition coefficient (Wildman–Crippen LogP) is 1.93. The molecule has 30 heavy (non-hydrogen) atoms. The van der Waals surface area contributed by atoms with Gasteiger partial charge in [0, 0.05) is 51.2 Å². The highest BCUT2D eigenvalue weighted by Crippen LogP contribution is 2.30. The van der Waals surface area contributed by atoms with E-state index in [-0.39, 0.29) is 5.56 Å². The number of ether oxygens (including phenoxy) is 1. The van der Waals surface area contributed by atoms with Crippen molar-refractivity contribution < 1.29 is 4.74 Å². The monoisotopic (exact) mass is 406 g/mol. The molecule has 2 aliphatic rings. The zero-order valence-corrected chi connectivity index (χ0v) is 17.2. The first-order chi connectivity index (χ1) is 14.7. The molecule has 2 fully saturated rings. The van der Waals surface area contributed by atoms with E-state index in [2.05, 4.69) is 30.8 Å². The number of aromatic nitrogens is 4. The van der Waals surface area contributed by atoms with Crippen LogP contribution in [0.2, 0.25) is 0 Å². The van der Waals surface area contributed by atoms with E-state index in [1.807, 2.05) is 18.2 Å². The van der Waals surface area contributed by atoms with Gasteiger partial charge < -0.3 is 9.64 Å². The Labute approximate surface area is 175 Å². The van der Waals surface area contributed by atoms with Gasteiger partial charge >= 0.3 is 6.01 Å². The molecule has 0 spiro atoms. The van der Waals surface area contributed by atoms with Gasteiger partial charge in [-0.25, -0.2) is 9.97 Å². The zero-order valence-electron chi connectivity index (χ0n) is 17.2. The Morgan fingerprint density at radius 2 is 1.93 bits per heavy atom. The standard InChI is InChI=1S/C22H26N6O2/c1-30-22-23-7-6-17(25-22)14-26-8-10-27(11-9-26)18-4-5-19-20(12-18)24-15-28(21(19)29)13-16-2-3-16/h4-7,12,15-16H,2-3,8-11,13-14H2,1H3. The van der Waals surface area contributed by atoms with Crippen molar-refractivity contribution in [2.24, 2.45) is 5.92 Å². The topological polar surface area (TPSA) is 76.4 Å². The normalized spacial score (nSPS) is 17.4. The molecule has 2 aromatic heterocycles. The molecule has 3 aromatic rings. The maximum atomic E-state index is 12.7. The maximum Gasteiger partial charge on any atom is 0.316 e. The minimum atomic E-state index is 0.0727. The molecule has 0 unspecified atom stereocenters. The van der Waals surface area contributed by atoms with Crippen LogP contribution in [0.15, 0.2) is 41.6 Å². The highest BCUT2D eigenvalue weighted by molar-refractivity contribution is 5.81. The minimum Gasteiger partial charge on any atom is -0.467 e. The molecule has 0 N–H and O–H groups in total. The third kappa shape index (κ3) is 4.00. The molecule has 0 radical (unpaired) electrons. The van der Waals surface area contributed by atoms with Gasteiger partial charge in [-0.15, -0.1) is 0 Å². The first-order valence-electron chi connectivity index (χ1n) is 10.5. The lowest BCUT2D eigenvalue weighted by molar-refractivity contribution is 0.245. The van der Waals surface area contributed by atoms with E-state index in [1.165, 1.54) is 12.8 Å². The number of benzene rings is 1. The van der Waals surface area contributed by atoms with Crippen molar-refractivity contribution >= 4 is 16.6 Å². The Kier molecular flexibility index (Phi) is 5.08. The smallest absolute Gasteiger partial charge is 0.316 e. The van der Waals surface area contributed by atoms with Crippen molar-refractivity contribution in [3.05, 3.63) is 52.8 Å². The van der Waals surface area contributed by atoms with Crippen molar-refractivity contribution in [2.45, 2.75) is 25.9 Å². The summed E-state index contributed by atoms with van der Waals surface area (Å²) in [5.74, 6) is 0.654. The first kappa shape index (κ1) is 19.0. The Hall–Kier alpha value is -3.00. The number of piperazine rings is 1. The number of fused-ring (bicyclic) bond motifs is 1. The van der Waals surface area contributed by atoms with Gasteiger partial charge in [0.25, 0.3) is 5.56 Å². The first-order valence-corrected chi connectivity index (χ1v) is 10.5. The van der Waals surface area contributed by atoms with E-state index >= 15 is 0 Å². The van der Waals surface area contributed by atoms with Crippen LogP contribution in [0.1, 0.15) is 18.5 Å². The summed E-state index contributed by atoms with van der Waals surface area (Å²) in [5.41, 5.74) is 2.94. The van der Waals surface area contributed by atoms with Crippen LogP contribution in [-0.2, 0) is 13.1 Å². The summed E-state index contributed by atoms with van der Waals surface area (Å²) < 4.78 is 6.88. The molecule has 1 aliphatic heterocycles. The fourth-order valence-corrected chi connectivity index (χ4v) is 4.01. The van der Waals surface area contributed by atoms with Gasteiger partial charge in [-0.3, -0.25) is 14.3 Å². The van der Waals surface area contributed by atoms with Gasteiger partial charge in [-0.05, 0) is 43.0 Å². The van der Waals surface area contributed by atoms with Gasteiger partial charge in [0.15, 0.2) is 0 Å². The Bertz CT molecular complexity index is 1100. The second kappa shape index (κ2) is 8.02. The lowest BCUT2D eigenvalue weighted by atomic mass is 10.2. The van der Waals surface area contributed by atoms with E-state index in [1.54, 1.807) is 24.2 Å². The summed E-state index contributed by atoms with van der Waals surface area (Å²) in [6.07, 6.45) is 5.89. The van der Waals surface area contributed by atoms with Crippen molar-refractivity contribution in [2.75, 3.05) is 38.2 Å². The predicted molar refractivity (Wildman–Crippen MR) is 115 cm³/mol. The Balaban J connectivity index is 1.25. The summed E-state index contributed by atoms with van der Waals surface area (Å²) in [6.45, 7) is 5.32. The second-order valence-electron chi connectivity index (χ2n) is 8.14. The van der Waals surface area contributed by atoms with Gasteiger partial charge in [-0.2, -0.15) is 4.98 Å². The lowest BCUT2D eigenvalue weighted by Gasteiger charge is -2.36. The third-order valence-electron chi connectivity index (χ3n) is 5.96. The number of methoxy groups -OCH3 is 1. The van der Waals surface area contributed by atoms with Crippen molar-refractivity contribution in [1.29, 1.82) is 0 Å². The van der Waals surface area contributed by atoms with Crippen molar-refractivity contribution in [1.82, 2.24) is 24.4 Å². The van der Waals surface area contributed by atoms with Crippen LogP contribution < -0.4 is 15.2 Å².